The van der Waals surface area contributed by atoms with E-state index < -0.39 is 0 Å². The first kappa shape index (κ1) is 19.4. The summed E-state index contributed by atoms with van der Waals surface area (Å²) in [6.07, 6.45) is 0.780. The van der Waals surface area contributed by atoms with Gasteiger partial charge in [-0.1, -0.05) is 65.8 Å². The predicted octanol–water partition coefficient (Wildman–Crippen LogP) is 3.69. The van der Waals surface area contributed by atoms with Crippen LogP contribution in [0.1, 0.15) is 41.0 Å². The third kappa shape index (κ3) is 4.10. The van der Waals surface area contributed by atoms with E-state index in [1.165, 1.54) is 11.1 Å². The highest BCUT2D eigenvalue weighted by atomic mass is 16.5. The lowest BCUT2D eigenvalue weighted by Gasteiger charge is -2.28. The second kappa shape index (κ2) is 8.62. The predicted molar refractivity (Wildman–Crippen MR) is 113 cm³/mol. The van der Waals surface area contributed by atoms with E-state index in [0.717, 1.165) is 36.5 Å². The van der Waals surface area contributed by atoms with E-state index >= 15 is 0 Å². The van der Waals surface area contributed by atoms with Gasteiger partial charge >= 0.3 is 0 Å². The Labute approximate surface area is 171 Å². The average Bonchev–Trinajstić information content (AvgIpc) is 3.18. The molecule has 5 nitrogen and oxygen atoms in total. The maximum Gasteiger partial charge on any atom is 0.236 e. The van der Waals surface area contributed by atoms with Gasteiger partial charge in [0.05, 0.1) is 12.5 Å². The van der Waals surface area contributed by atoms with Crippen molar-refractivity contribution in [2.75, 3.05) is 26.7 Å². The van der Waals surface area contributed by atoms with Crippen molar-refractivity contribution in [1.82, 2.24) is 15.0 Å². The van der Waals surface area contributed by atoms with Gasteiger partial charge in [-0.3, -0.25) is 9.69 Å². The molecular weight excluding hydrogens is 362 g/mol. The van der Waals surface area contributed by atoms with Crippen molar-refractivity contribution in [3.8, 4) is 0 Å². The number of aromatic nitrogens is 1. The van der Waals surface area contributed by atoms with Crippen molar-refractivity contribution in [2.24, 2.45) is 0 Å². The maximum atomic E-state index is 12.4. The largest absolute Gasteiger partial charge is 0.361 e. The summed E-state index contributed by atoms with van der Waals surface area (Å²) in [4.78, 5) is 16.4. The Balaban J connectivity index is 1.67. The number of likely N-dealkylation sites (N-methyl/N-ethyl adjacent to an activating group) is 1. The Hall–Kier alpha value is -2.92. The number of carbonyl (C=O) groups is 1. The minimum absolute atomic E-state index is 0.0128. The Kier molecular flexibility index (Phi) is 5.76. The molecule has 0 bridgehead atoms. The fourth-order valence-electron chi connectivity index (χ4n) is 3.93. The summed E-state index contributed by atoms with van der Waals surface area (Å²) in [5.41, 5.74) is 4.46. The molecule has 150 valence electrons. The van der Waals surface area contributed by atoms with Gasteiger partial charge in [0.2, 0.25) is 5.91 Å². The van der Waals surface area contributed by atoms with Crippen LogP contribution >= 0.6 is 0 Å². The molecule has 0 saturated heterocycles. The molecule has 1 amide bonds. The molecule has 3 aromatic rings. The molecule has 1 aromatic heterocycles. The second-order valence-corrected chi connectivity index (χ2v) is 7.59. The van der Waals surface area contributed by atoms with Gasteiger partial charge in [-0.05, 0) is 18.1 Å². The van der Waals surface area contributed by atoms with E-state index in [1.807, 2.05) is 26.1 Å². The van der Waals surface area contributed by atoms with E-state index in [2.05, 4.69) is 58.6 Å². The molecule has 2 heterocycles. The summed E-state index contributed by atoms with van der Waals surface area (Å²) in [5.74, 6) is 1.11. The molecule has 0 fully saturated rings. The molecule has 29 heavy (non-hydrogen) atoms. The number of rotatable bonds is 6. The summed E-state index contributed by atoms with van der Waals surface area (Å²) < 4.78 is 5.76. The van der Waals surface area contributed by atoms with Gasteiger partial charge < -0.3 is 9.42 Å². The summed E-state index contributed by atoms with van der Waals surface area (Å²) in [6, 6.07) is 20.8. The van der Waals surface area contributed by atoms with Gasteiger partial charge in [0.1, 0.15) is 11.5 Å². The van der Waals surface area contributed by atoms with E-state index in [0.29, 0.717) is 13.1 Å². The molecule has 2 aromatic carbocycles. The van der Waals surface area contributed by atoms with Crippen LogP contribution in [-0.4, -0.2) is 47.5 Å². The zero-order valence-electron chi connectivity index (χ0n) is 17.0. The number of fused-ring (bicyclic) bond motifs is 1. The van der Waals surface area contributed by atoms with E-state index in [4.69, 9.17) is 4.52 Å². The number of hydrogen-bond acceptors (Lipinski definition) is 4. The van der Waals surface area contributed by atoms with Crippen molar-refractivity contribution < 1.29 is 9.32 Å². The summed E-state index contributed by atoms with van der Waals surface area (Å²) in [6.45, 7) is 4.64. The Morgan fingerprint density at radius 1 is 1.10 bits per heavy atom. The lowest BCUT2D eigenvalue weighted by molar-refractivity contribution is -0.131. The molecule has 0 N–H and O–H groups in total. The van der Waals surface area contributed by atoms with Crippen LogP contribution in [0.25, 0.3) is 0 Å². The lowest BCUT2D eigenvalue weighted by Crippen LogP contribution is -2.40. The minimum atomic E-state index is 0.0128. The smallest absolute Gasteiger partial charge is 0.236 e. The fourth-order valence-corrected chi connectivity index (χ4v) is 3.93. The van der Waals surface area contributed by atoms with Gasteiger partial charge in [-0.25, -0.2) is 0 Å². The minimum Gasteiger partial charge on any atom is -0.361 e. The first-order valence-electron chi connectivity index (χ1n) is 10.2. The molecule has 0 unspecified atom stereocenters. The summed E-state index contributed by atoms with van der Waals surface area (Å²) >= 11 is 0. The van der Waals surface area contributed by atoms with Crippen LogP contribution in [0.4, 0.5) is 0 Å². The summed E-state index contributed by atoms with van der Waals surface area (Å²) in [5, 5.41) is 4.52. The SMILES string of the molecule is CCN(C)C(=O)CN1CCc2onc(C(c3ccccc3)c3ccccc3)c2C1. The van der Waals surface area contributed by atoms with Crippen molar-refractivity contribution in [3.05, 3.63) is 88.8 Å². The Morgan fingerprint density at radius 3 is 2.31 bits per heavy atom. The highest BCUT2D eigenvalue weighted by Crippen LogP contribution is 2.36. The number of hydrogen-bond donors (Lipinski definition) is 0. The third-order valence-electron chi connectivity index (χ3n) is 5.73. The second-order valence-electron chi connectivity index (χ2n) is 7.59. The number of nitrogens with zero attached hydrogens (tertiary/aromatic N) is 3. The van der Waals surface area contributed by atoms with Crippen LogP contribution in [0.15, 0.2) is 65.2 Å². The molecule has 0 spiro atoms. The van der Waals surface area contributed by atoms with Crippen molar-refractivity contribution in [1.29, 1.82) is 0 Å². The molecule has 0 atom stereocenters. The maximum absolute atomic E-state index is 12.4. The average molecular weight is 389 g/mol. The monoisotopic (exact) mass is 389 g/mol. The number of amides is 1. The van der Waals surface area contributed by atoms with Gasteiger partial charge in [0, 0.05) is 38.7 Å². The van der Waals surface area contributed by atoms with Crippen molar-refractivity contribution in [3.63, 3.8) is 0 Å². The zero-order valence-corrected chi connectivity index (χ0v) is 17.0. The van der Waals surface area contributed by atoms with E-state index in [-0.39, 0.29) is 11.8 Å². The van der Waals surface area contributed by atoms with Crippen molar-refractivity contribution in [2.45, 2.75) is 25.8 Å². The van der Waals surface area contributed by atoms with Crippen LogP contribution in [0.3, 0.4) is 0 Å². The third-order valence-corrected chi connectivity index (χ3v) is 5.73. The quantitative estimate of drug-likeness (QED) is 0.645. The van der Waals surface area contributed by atoms with Crippen molar-refractivity contribution >= 4 is 5.91 Å². The molecule has 0 aliphatic carbocycles. The fraction of sp³-hybridized carbons (Fsp3) is 0.333. The first-order chi connectivity index (χ1) is 14.2. The Morgan fingerprint density at radius 2 is 1.72 bits per heavy atom. The lowest BCUT2D eigenvalue weighted by atomic mass is 9.85. The van der Waals surface area contributed by atoms with Gasteiger partial charge in [0.15, 0.2) is 0 Å². The Bertz CT molecular complexity index is 913. The van der Waals surface area contributed by atoms with Crippen LogP contribution in [0.5, 0.6) is 0 Å². The normalized spacial score (nSPS) is 14.0. The number of benzene rings is 2. The number of carbonyl (C=O) groups excluding carboxylic acids is 1. The first-order valence-corrected chi connectivity index (χ1v) is 10.2. The standard InChI is InChI=1S/C24H27N3O2/c1-3-26(2)22(28)17-27-15-14-21-20(16-27)24(25-29-21)23(18-10-6-4-7-11-18)19-12-8-5-9-13-19/h4-13,23H,3,14-17H2,1-2H3. The molecular formula is C24H27N3O2. The molecule has 4 rings (SSSR count). The molecule has 0 radical (unpaired) electrons. The van der Waals surface area contributed by atoms with Gasteiger partial charge in [0.25, 0.3) is 0 Å². The molecule has 0 saturated carbocycles. The molecule has 1 aliphatic heterocycles. The molecule has 1 aliphatic rings. The van der Waals surface area contributed by atoms with E-state index in [1.54, 1.807) is 4.90 Å². The van der Waals surface area contributed by atoms with Crippen LogP contribution in [0.2, 0.25) is 0 Å². The summed E-state index contributed by atoms with van der Waals surface area (Å²) in [7, 11) is 1.85. The highest BCUT2D eigenvalue weighted by molar-refractivity contribution is 5.78. The van der Waals surface area contributed by atoms with Crippen LogP contribution in [0, 0.1) is 0 Å². The van der Waals surface area contributed by atoms with Crippen LogP contribution in [-0.2, 0) is 17.8 Å². The zero-order chi connectivity index (χ0) is 20.2. The van der Waals surface area contributed by atoms with Gasteiger partial charge in [-0.2, -0.15) is 0 Å². The van der Waals surface area contributed by atoms with E-state index in [9.17, 15) is 4.79 Å². The van der Waals surface area contributed by atoms with Gasteiger partial charge in [-0.15, -0.1) is 0 Å². The molecule has 5 heteroatoms. The highest BCUT2D eigenvalue weighted by Gasteiger charge is 2.30. The topological polar surface area (TPSA) is 49.6 Å². The van der Waals surface area contributed by atoms with Crippen LogP contribution < -0.4 is 0 Å².